The van der Waals surface area contributed by atoms with Gasteiger partial charge in [0.25, 0.3) is 0 Å². The lowest BCUT2D eigenvalue weighted by Crippen LogP contribution is -2.04. The molecular weight excluding hydrogens is 214 g/mol. The summed E-state index contributed by atoms with van der Waals surface area (Å²) in [5.74, 6) is 1.88. The fourth-order valence-corrected chi connectivity index (χ4v) is 2.61. The van der Waals surface area contributed by atoms with Crippen LogP contribution in [0.3, 0.4) is 0 Å². The lowest BCUT2D eigenvalue weighted by Gasteiger charge is -2.16. The van der Waals surface area contributed by atoms with E-state index in [2.05, 4.69) is 41.1 Å². The minimum Gasteiger partial charge on any atom is -0.0863 e. The molecule has 0 aliphatic carbocycles. The van der Waals surface area contributed by atoms with E-state index < -0.39 is 0 Å². The normalized spacial score (nSPS) is 14.3. The lowest BCUT2D eigenvalue weighted by molar-refractivity contribution is 0.393. The molecule has 0 saturated carbocycles. The Bertz CT molecular complexity index is 158. The van der Waals surface area contributed by atoms with Crippen LogP contribution in [0.2, 0.25) is 39.9 Å². The largest absolute Gasteiger partial charge is 0.133 e. The molecule has 0 saturated heterocycles. The summed E-state index contributed by atoms with van der Waals surface area (Å²) in [5, 5.41) is 0. The molecule has 0 amide bonds. The second kappa shape index (κ2) is 11.0. The van der Waals surface area contributed by atoms with E-state index in [0.29, 0.717) is 0 Å². The van der Waals surface area contributed by atoms with Gasteiger partial charge in [-0.1, -0.05) is 92.3 Å². The number of rotatable bonds is 11. The van der Waals surface area contributed by atoms with Crippen molar-refractivity contribution in [2.24, 2.45) is 11.8 Å². The third-order valence-corrected chi connectivity index (χ3v) is 4.11. The second-order valence-corrected chi connectivity index (χ2v) is 7.44. The second-order valence-electron chi connectivity index (χ2n) is 7.44. The zero-order chi connectivity index (χ0) is 14.0. The van der Waals surface area contributed by atoms with Crippen molar-refractivity contribution >= 4 is 13.4 Å². The molecule has 2 heteroatoms. The zero-order valence-corrected chi connectivity index (χ0v) is 14.0. The molecule has 18 heavy (non-hydrogen) atoms. The monoisotopic (exact) mass is 250 g/mol. The van der Waals surface area contributed by atoms with Crippen LogP contribution < -0.4 is 0 Å². The fourth-order valence-electron chi connectivity index (χ4n) is 2.61. The van der Waals surface area contributed by atoms with Crippen LogP contribution in [0.1, 0.15) is 52.4 Å². The third-order valence-electron chi connectivity index (χ3n) is 4.11. The van der Waals surface area contributed by atoms with Gasteiger partial charge in [-0.3, -0.25) is 0 Å². The van der Waals surface area contributed by atoms with Gasteiger partial charge in [-0.05, 0) is 11.8 Å². The maximum Gasteiger partial charge on any atom is 0.133 e. The molecule has 0 aliphatic rings. The molecule has 2 atom stereocenters. The van der Waals surface area contributed by atoms with E-state index in [1.54, 1.807) is 0 Å². The maximum absolute atomic E-state index is 2.45. The molecule has 106 valence electrons. The summed E-state index contributed by atoms with van der Waals surface area (Å²) < 4.78 is 0. The number of hydrogen-bond donors (Lipinski definition) is 0. The first-order chi connectivity index (χ1) is 8.41. The van der Waals surface area contributed by atoms with Gasteiger partial charge in [-0.15, -0.1) is 0 Å². The zero-order valence-electron chi connectivity index (χ0n) is 14.0. The summed E-state index contributed by atoms with van der Waals surface area (Å²) >= 11 is 0. The van der Waals surface area contributed by atoms with Crippen molar-refractivity contribution in [3.05, 3.63) is 0 Å². The van der Waals surface area contributed by atoms with Crippen LogP contribution in [0.4, 0.5) is 0 Å². The molecule has 0 radical (unpaired) electrons. The Morgan fingerprint density at radius 2 is 0.944 bits per heavy atom. The average molecular weight is 250 g/mol. The van der Waals surface area contributed by atoms with Crippen molar-refractivity contribution in [2.75, 3.05) is 0 Å². The summed E-state index contributed by atoms with van der Waals surface area (Å²) in [6, 6.07) is 0. The molecule has 0 aromatic carbocycles. The van der Waals surface area contributed by atoms with Crippen molar-refractivity contribution in [1.82, 2.24) is 0 Å². The van der Waals surface area contributed by atoms with Crippen LogP contribution in [-0.4, -0.2) is 13.4 Å². The van der Waals surface area contributed by atoms with Crippen molar-refractivity contribution in [3.63, 3.8) is 0 Å². The molecule has 0 bridgehead atoms. The van der Waals surface area contributed by atoms with E-state index in [-0.39, 0.29) is 0 Å². The molecular formula is C16H36B2. The minimum absolute atomic E-state index is 0.882. The van der Waals surface area contributed by atoms with Gasteiger partial charge >= 0.3 is 0 Å². The van der Waals surface area contributed by atoms with Gasteiger partial charge in [-0.25, -0.2) is 0 Å². The van der Waals surface area contributed by atoms with Crippen molar-refractivity contribution in [2.45, 2.75) is 92.3 Å². The van der Waals surface area contributed by atoms with Gasteiger partial charge in [0.05, 0.1) is 0 Å². The number of hydrogen-bond acceptors (Lipinski definition) is 0. The van der Waals surface area contributed by atoms with Gasteiger partial charge in [0.15, 0.2) is 0 Å². The van der Waals surface area contributed by atoms with Crippen LogP contribution in [0.5, 0.6) is 0 Å². The van der Waals surface area contributed by atoms with Crippen molar-refractivity contribution < 1.29 is 0 Å². The van der Waals surface area contributed by atoms with Crippen LogP contribution in [0.25, 0.3) is 0 Å². The van der Waals surface area contributed by atoms with E-state index in [9.17, 15) is 0 Å². The van der Waals surface area contributed by atoms with E-state index in [1.165, 1.54) is 51.2 Å². The lowest BCUT2D eigenvalue weighted by atomic mass is 9.51. The molecule has 0 fully saturated rings. The SMILES string of the molecule is CB(C)CCCC(C)CCC(C)CCCB(C)C. The van der Waals surface area contributed by atoms with Gasteiger partial charge in [0.2, 0.25) is 0 Å². The summed E-state index contributed by atoms with van der Waals surface area (Å²) in [6.45, 7) is 16.0. The van der Waals surface area contributed by atoms with E-state index in [1.807, 2.05) is 0 Å². The first-order valence-corrected chi connectivity index (χ1v) is 8.41. The minimum atomic E-state index is 0.882. The van der Waals surface area contributed by atoms with Crippen molar-refractivity contribution in [1.29, 1.82) is 0 Å². The summed E-state index contributed by atoms with van der Waals surface area (Å²) in [4.78, 5) is 0. The Balaban J connectivity index is 3.44. The van der Waals surface area contributed by atoms with E-state index >= 15 is 0 Å². The van der Waals surface area contributed by atoms with Crippen molar-refractivity contribution in [3.8, 4) is 0 Å². The molecule has 2 unspecified atom stereocenters. The van der Waals surface area contributed by atoms with Gasteiger partial charge in [0, 0.05) is 0 Å². The van der Waals surface area contributed by atoms with E-state index in [0.717, 1.165) is 25.3 Å². The van der Waals surface area contributed by atoms with Gasteiger partial charge < -0.3 is 0 Å². The Hall–Kier alpha value is 0.130. The summed E-state index contributed by atoms with van der Waals surface area (Å²) in [7, 11) is 0. The van der Waals surface area contributed by atoms with Crippen LogP contribution in [0.15, 0.2) is 0 Å². The quantitative estimate of drug-likeness (QED) is 0.388. The molecule has 0 N–H and O–H groups in total. The van der Waals surface area contributed by atoms with Crippen LogP contribution in [-0.2, 0) is 0 Å². The predicted molar refractivity (Wildman–Crippen MR) is 90.6 cm³/mol. The highest BCUT2D eigenvalue weighted by molar-refractivity contribution is 6.55. The molecule has 0 aliphatic heterocycles. The highest BCUT2D eigenvalue weighted by Gasteiger charge is 2.08. The third kappa shape index (κ3) is 12.6. The predicted octanol–water partition coefficient (Wildman–Crippen LogP) is 6.11. The molecule has 0 rings (SSSR count). The van der Waals surface area contributed by atoms with Crippen LogP contribution >= 0.6 is 0 Å². The fraction of sp³-hybridized carbons (Fsp3) is 1.00. The highest BCUT2D eigenvalue weighted by atomic mass is 14.1. The molecule has 0 aromatic rings. The van der Waals surface area contributed by atoms with E-state index in [4.69, 9.17) is 0 Å². The Kier molecular flexibility index (Phi) is 11.1. The summed E-state index contributed by atoms with van der Waals surface area (Å²) in [5.41, 5.74) is 0. The summed E-state index contributed by atoms with van der Waals surface area (Å²) in [6.07, 6.45) is 11.5. The average Bonchev–Trinajstić information content (AvgIpc) is 2.25. The topological polar surface area (TPSA) is 0 Å². The Morgan fingerprint density at radius 3 is 1.22 bits per heavy atom. The Labute approximate surface area is 118 Å². The first kappa shape index (κ1) is 18.1. The highest BCUT2D eigenvalue weighted by Crippen LogP contribution is 2.21. The maximum atomic E-state index is 2.45. The van der Waals surface area contributed by atoms with Crippen LogP contribution in [0, 0.1) is 11.8 Å². The molecule has 0 aromatic heterocycles. The Morgan fingerprint density at radius 1 is 0.611 bits per heavy atom. The standard InChI is InChI=1S/C16H36B2/c1-15(9-7-13-17(3)4)11-12-16(2)10-8-14-18(5)6/h15-16H,7-14H2,1-6H3. The first-order valence-electron chi connectivity index (χ1n) is 8.41. The molecule has 0 heterocycles. The molecule has 0 nitrogen and oxygen atoms in total. The van der Waals surface area contributed by atoms with Gasteiger partial charge in [-0.2, -0.15) is 0 Å². The smallest absolute Gasteiger partial charge is 0.0863 e. The molecule has 0 spiro atoms. The van der Waals surface area contributed by atoms with Gasteiger partial charge in [0.1, 0.15) is 13.4 Å².